The lowest BCUT2D eigenvalue weighted by Crippen LogP contribution is -2.38. The summed E-state index contributed by atoms with van der Waals surface area (Å²) in [4.78, 5) is 37.7. The summed E-state index contributed by atoms with van der Waals surface area (Å²) in [7, 11) is 1.50. The number of carboxylic acid groups (broad SMARTS) is 1. The van der Waals surface area contributed by atoms with Gasteiger partial charge in [-0.3, -0.25) is 14.4 Å². The van der Waals surface area contributed by atoms with Gasteiger partial charge in [-0.2, -0.15) is 0 Å². The Bertz CT molecular complexity index is 645. The minimum Gasteiger partial charge on any atom is -0.481 e. The minimum atomic E-state index is -0.952. The van der Waals surface area contributed by atoms with Crippen LogP contribution in [0.15, 0.2) is 18.2 Å². The van der Waals surface area contributed by atoms with E-state index in [1.807, 2.05) is 0 Å². The first-order chi connectivity index (χ1) is 11.3. The standard InChI is InChI=1S/C16H18F2N2O4/c1-19(5-2-3-14(21)22)15(23)13-4-6-20(16(13)24)12-8-10(17)7-11(18)9-12/h7-9,13H,2-6H2,1H3,(H,21,22)/t13-/m0/s1. The fourth-order valence-electron chi connectivity index (χ4n) is 2.70. The van der Waals surface area contributed by atoms with Gasteiger partial charge in [0.05, 0.1) is 0 Å². The van der Waals surface area contributed by atoms with Crippen molar-refractivity contribution in [3.05, 3.63) is 29.8 Å². The van der Waals surface area contributed by atoms with Crippen LogP contribution >= 0.6 is 0 Å². The first-order valence-electron chi connectivity index (χ1n) is 7.54. The van der Waals surface area contributed by atoms with Crippen LogP contribution in [-0.4, -0.2) is 47.9 Å². The van der Waals surface area contributed by atoms with Crippen molar-refractivity contribution >= 4 is 23.5 Å². The molecule has 0 saturated carbocycles. The van der Waals surface area contributed by atoms with E-state index in [4.69, 9.17) is 5.11 Å². The fourth-order valence-corrected chi connectivity index (χ4v) is 2.70. The van der Waals surface area contributed by atoms with Crippen LogP contribution in [0.4, 0.5) is 14.5 Å². The van der Waals surface area contributed by atoms with E-state index in [1.54, 1.807) is 0 Å². The lowest BCUT2D eigenvalue weighted by molar-refractivity contribution is -0.141. The van der Waals surface area contributed by atoms with Gasteiger partial charge < -0.3 is 14.9 Å². The first-order valence-corrected chi connectivity index (χ1v) is 7.54. The predicted molar refractivity (Wildman–Crippen MR) is 81.3 cm³/mol. The maximum atomic E-state index is 13.3. The summed E-state index contributed by atoms with van der Waals surface area (Å²) in [6, 6.07) is 2.80. The van der Waals surface area contributed by atoms with Crippen molar-refractivity contribution < 1.29 is 28.3 Å². The molecule has 0 spiro atoms. The molecule has 1 heterocycles. The molecule has 24 heavy (non-hydrogen) atoms. The second kappa shape index (κ2) is 7.37. The largest absolute Gasteiger partial charge is 0.481 e. The van der Waals surface area contributed by atoms with Gasteiger partial charge in [-0.25, -0.2) is 8.78 Å². The van der Waals surface area contributed by atoms with E-state index in [0.717, 1.165) is 12.1 Å². The number of amides is 2. The zero-order valence-corrected chi connectivity index (χ0v) is 13.2. The topological polar surface area (TPSA) is 77.9 Å². The number of anilines is 1. The number of nitrogens with zero attached hydrogens (tertiary/aromatic N) is 2. The van der Waals surface area contributed by atoms with Crippen molar-refractivity contribution in [2.45, 2.75) is 19.3 Å². The Morgan fingerprint density at radius 3 is 2.50 bits per heavy atom. The van der Waals surface area contributed by atoms with E-state index in [2.05, 4.69) is 0 Å². The number of hydrogen-bond donors (Lipinski definition) is 1. The highest BCUT2D eigenvalue weighted by atomic mass is 19.1. The van der Waals surface area contributed by atoms with Crippen LogP contribution in [0.1, 0.15) is 19.3 Å². The third-order valence-electron chi connectivity index (χ3n) is 3.92. The summed E-state index contributed by atoms with van der Waals surface area (Å²) in [6.07, 6.45) is 0.474. The van der Waals surface area contributed by atoms with Crippen LogP contribution in [0.5, 0.6) is 0 Å². The van der Waals surface area contributed by atoms with Crippen molar-refractivity contribution in [1.29, 1.82) is 0 Å². The molecule has 0 aromatic heterocycles. The summed E-state index contributed by atoms with van der Waals surface area (Å²) >= 11 is 0. The Labute approximate surface area is 137 Å². The Morgan fingerprint density at radius 1 is 1.29 bits per heavy atom. The van der Waals surface area contributed by atoms with Gasteiger partial charge in [0.15, 0.2) is 0 Å². The number of halogens is 2. The molecule has 0 unspecified atom stereocenters. The molecule has 0 bridgehead atoms. The zero-order valence-electron chi connectivity index (χ0n) is 13.2. The summed E-state index contributed by atoms with van der Waals surface area (Å²) in [5.41, 5.74) is 0.0846. The van der Waals surface area contributed by atoms with Crippen LogP contribution in [0, 0.1) is 17.6 Å². The molecule has 130 valence electrons. The van der Waals surface area contributed by atoms with Crippen LogP contribution in [0.3, 0.4) is 0 Å². The number of carbonyl (C=O) groups is 3. The highest BCUT2D eigenvalue weighted by molar-refractivity contribution is 6.09. The van der Waals surface area contributed by atoms with Crippen LogP contribution in [-0.2, 0) is 14.4 Å². The molecule has 1 fully saturated rings. The van der Waals surface area contributed by atoms with E-state index >= 15 is 0 Å². The van der Waals surface area contributed by atoms with Gasteiger partial charge in [-0.1, -0.05) is 0 Å². The van der Waals surface area contributed by atoms with Crippen molar-refractivity contribution in [3.8, 4) is 0 Å². The molecule has 1 saturated heterocycles. The summed E-state index contributed by atoms with van der Waals surface area (Å²) in [5.74, 6) is -4.37. The van der Waals surface area contributed by atoms with E-state index in [0.29, 0.717) is 6.07 Å². The Hall–Kier alpha value is -2.51. The second-order valence-electron chi connectivity index (χ2n) is 5.72. The van der Waals surface area contributed by atoms with Gasteiger partial charge in [-0.15, -0.1) is 0 Å². The average Bonchev–Trinajstić information content (AvgIpc) is 2.86. The molecule has 0 radical (unpaired) electrons. The highest BCUT2D eigenvalue weighted by Crippen LogP contribution is 2.27. The molecule has 1 N–H and O–H groups in total. The van der Waals surface area contributed by atoms with Crippen LogP contribution < -0.4 is 4.90 Å². The predicted octanol–water partition coefficient (Wildman–Crippen LogP) is 1.64. The molecule has 8 heteroatoms. The summed E-state index contributed by atoms with van der Waals surface area (Å²) in [5, 5.41) is 8.60. The van der Waals surface area contributed by atoms with Gasteiger partial charge in [0, 0.05) is 38.3 Å². The molecular weight excluding hydrogens is 322 g/mol. The number of aliphatic carboxylic acids is 1. The van der Waals surface area contributed by atoms with Gasteiger partial charge in [0.25, 0.3) is 0 Å². The first kappa shape index (κ1) is 17.8. The van der Waals surface area contributed by atoms with E-state index in [-0.39, 0.29) is 38.0 Å². The monoisotopic (exact) mass is 340 g/mol. The van der Waals surface area contributed by atoms with Crippen LogP contribution in [0.2, 0.25) is 0 Å². The molecule has 1 aliphatic heterocycles. The maximum absolute atomic E-state index is 13.3. The highest BCUT2D eigenvalue weighted by Gasteiger charge is 2.39. The number of carboxylic acids is 1. The van der Waals surface area contributed by atoms with Gasteiger partial charge in [0.1, 0.15) is 17.6 Å². The van der Waals surface area contributed by atoms with Gasteiger partial charge in [0.2, 0.25) is 11.8 Å². The number of benzene rings is 1. The SMILES string of the molecule is CN(CCCC(=O)O)C(=O)[C@@H]1CCN(c2cc(F)cc(F)c2)C1=O. The number of rotatable bonds is 6. The van der Waals surface area contributed by atoms with Crippen molar-refractivity contribution in [3.63, 3.8) is 0 Å². The molecule has 2 amide bonds. The average molecular weight is 340 g/mol. The van der Waals surface area contributed by atoms with Crippen molar-refractivity contribution in [2.24, 2.45) is 5.92 Å². The molecule has 1 aliphatic rings. The van der Waals surface area contributed by atoms with E-state index < -0.39 is 35.3 Å². The summed E-state index contributed by atoms with van der Waals surface area (Å²) < 4.78 is 26.6. The van der Waals surface area contributed by atoms with E-state index in [9.17, 15) is 23.2 Å². The summed E-state index contributed by atoms with van der Waals surface area (Å²) in [6.45, 7) is 0.421. The Morgan fingerprint density at radius 2 is 1.92 bits per heavy atom. The molecule has 2 rings (SSSR count). The fraction of sp³-hybridized carbons (Fsp3) is 0.438. The third kappa shape index (κ3) is 4.06. The molecular formula is C16H18F2N2O4. The zero-order chi connectivity index (χ0) is 17.9. The third-order valence-corrected chi connectivity index (χ3v) is 3.92. The van der Waals surface area contributed by atoms with Gasteiger partial charge in [-0.05, 0) is 25.0 Å². The van der Waals surface area contributed by atoms with Crippen molar-refractivity contribution in [2.75, 3.05) is 25.0 Å². The minimum absolute atomic E-state index is 0.0646. The lowest BCUT2D eigenvalue weighted by Gasteiger charge is -2.21. The number of hydrogen-bond acceptors (Lipinski definition) is 3. The molecule has 6 nitrogen and oxygen atoms in total. The smallest absolute Gasteiger partial charge is 0.303 e. The molecule has 1 aromatic carbocycles. The van der Waals surface area contributed by atoms with Crippen LogP contribution in [0.25, 0.3) is 0 Å². The molecule has 1 atom stereocenters. The lowest BCUT2D eigenvalue weighted by atomic mass is 10.1. The molecule has 1 aromatic rings. The van der Waals surface area contributed by atoms with E-state index in [1.165, 1.54) is 16.8 Å². The quantitative estimate of drug-likeness (QED) is 0.799. The van der Waals surface area contributed by atoms with Gasteiger partial charge >= 0.3 is 5.97 Å². The van der Waals surface area contributed by atoms with Crippen molar-refractivity contribution in [1.82, 2.24) is 4.90 Å². The second-order valence-corrected chi connectivity index (χ2v) is 5.72. The Kier molecular flexibility index (Phi) is 5.48. The Balaban J connectivity index is 2.02. The number of carbonyl (C=O) groups excluding carboxylic acids is 2. The maximum Gasteiger partial charge on any atom is 0.303 e. The molecule has 0 aliphatic carbocycles. The normalized spacial score (nSPS) is 17.2.